The van der Waals surface area contributed by atoms with E-state index >= 15 is 0 Å². The Morgan fingerprint density at radius 2 is 1.81 bits per heavy atom. The summed E-state index contributed by atoms with van der Waals surface area (Å²) in [5.74, 6) is 0. The molecule has 2 aromatic carbocycles. The van der Waals surface area contributed by atoms with Gasteiger partial charge in [0.15, 0.2) is 0 Å². The molecule has 21 heavy (non-hydrogen) atoms. The Balaban J connectivity index is 2.12. The summed E-state index contributed by atoms with van der Waals surface area (Å²) in [4.78, 5) is 1.33. The summed E-state index contributed by atoms with van der Waals surface area (Å²) in [5.41, 5.74) is 1.25. The first-order valence-corrected chi connectivity index (χ1v) is 11.1. The number of halogens is 1. The fourth-order valence-corrected chi connectivity index (χ4v) is 6.95. The average Bonchev–Trinajstić information content (AvgIpc) is 2.51. The van der Waals surface area contributed by atoms with Gasteiger partial charge in [0.1, 0.15) is 0 Å². The predicted octanol–water partition coefficient (Wildman–Crippen LogP) is 6.35. The Bertz CT molecular complexity index is 564. The van der Waals surface area contributed by atoms with E-state index in [-0.39, 0.29) is 20.9 Å². The van der Waals surface area contributed by atoms with Crippen molar-refractivity contribution in [2.45, 2.75) is 29.1 Å². The molecule has 0 radical (unpaired) electrons. The first-order valence-electron chi connectivity index (χ1n) is 7.11. The van der Waals surface area contributed by atoms with Crippen molar-refractivity contribution in [1.82, 2.24) is 0 Å². The minimum absolute atomic E-state index is 0.107. The van der Waals surface area contributed by atoms with Gasteiger partial charge in [0.2, 0.25) is 0 Å². The van der Waals surface area contributed by atoms with E-state index in [1.807, 2.05) is 23.9 Å². The van der Waals surface area contributed by atoms with E-state index in [2.05, 4.69) is 55.5 Å². The number of hydrogen-bond donors (Lipinski definition) is 0. The standard InChI is InChI=1S/C18H19ClSTe/c1-2-3-13-21-18(20-17-7-5-4-6-8-17)14-15-9-11-16(19)12-10-15/h4-12,14H,2-3,13H2,1H3/b18-14-. The summed E-state index contributed by atoms with van der Waals surface area (Å²) in [5, 5.41) is 0.798. The van der Waals surface area contributed by atoms with Crippen LogP contribution in [0.15, 0.2) is 62.4 Å². The van der Waals surface area contributed by atoms with Crippen molar-refractivity contribution in [2.24, 2.45) is 0 Å². The second-order valence-electron chi connectivity index (χ2n) is 4.63. The van der Waals surface area contributed by atoms with Gasteiger partial charge in [-0.15, -0.1) is 0 Å². The maximum absolute atomic E-state index is 5.96. The van der Waals surface area contributed by atoms with Crippen LogP contribution in [0.5, 0.6) is 0 Å². The number of rotatable bonds is 7. The maximum atomic E-state index is 5.96. The van der Waals surface area contributed by atoms with Gasteiger partial charge < -0.3 is 0 Å². The van der Waals surface area contributed by atoms with E-state index in [4.69, 9.17) is 11.6 Å². The zero-order valence-electron chi connectivity index (χ0n) is 12.1. The molecule has 3 heteroatoms. The molecule has 2 rings (SSSR count). The van der Waals surface area contributed by atoms with Crippen LogP contribution in [0.1, 0.15) is 25.3 Å². The Morgan fingerprint density at radius 1 is 1.10 bits per heavy atom. The predicted molar refractivity (Wildman–Crippen MR) is 97.2 cm³/mol. The molecule has 0 aliphatic rings. The zero-order valence-corrected chi connectivity index (χ0v) is 16.0. The zero-order chi connectivity index (χ0) is 14.9. The summed E-state index contributed by atoms with van der Waals surface area (Å²) in [7, 11) is 0. The van der Waals surface area contributed by atoms with Crippen molar-refractivity contribution in [1.29, 1.82) is 0 Å². The first kappa shape index (κ1) is 17.0. The summed E-state index contributed by atoms with van der Waals surface area (Å²) in [6.07, 6.45) is 4.97. The number of hydrogen-bond acceptors (Lipinski definition) is 1. The van der Waals surface area contributed by atoms with Gasteiger partial charge in [-0.05, 0) is 0 Å². The Labute approximate surface area is 147 Å². The molecule has 0 amide bonds. The van der Waals surface area contributed by atoms with Crippen molar-refractivity contribution >= 4 is 50.4 Å². The summed E-state index contributed by atoms with van der Waals surface area (Å²) < 4.78 is 2.92. The molecule has 0 fully saturated rings. The SMILES string of the molecule is CCCC[Te]/C(=C\c1ccc(Cl)cc1)Sc1ccccc1. The number of unbranched alkanes of at least 4 members (excludes halogenated alkanes) is 1. The third kappa shape index (κ3) is 6.49. The molecule has 110 valence electrons. The van der Waals surface area contributed by atoms with E-state index in [0.29, 0.717) is 0 Å². The molecular formula is C18H19ClSTe. The van der Waals surface area contributed by atoms with Crippen LogP contribution in [0.3, 0.4) is 0 Å². The van der Waals surface area contributed by atoms with Crippen LogP contribution in [-0.4, -0.2) is 20.9 Å². The van der Waals surface area contributed by atoms with Crippen LogP contribution < -0.4 is 0 Å². The van der Waals surface area contributed by atoms with Gasteiger partial charge in [-0.1, -0.05) is 0 Å². The van der Waals surface area contributed by atoms with Gasteiger partial charge in [-0.2, -0.15) is 0 Å². The van der Waals surface area contributed by atoms with E-state index in [9.17, 15) is 0 Å². The van der Waals surface area contributed by atoms with Crippen molar-refractivity contribution in [2.75, 3.05) is 0 Å². The van der Waals surface area contributed by atoms with Gasteiger partial charge in [0.05, 0.1) is 0 Å². The van der Waals surface area contributed by atoms with Gasteiger partial charge in [0, 0.05) is 0 Å². The van der Waals surface area contributed by atoms with Crippen molar-refractivity contribution < 1.29 is 0 Å². The van der Waals surface area contributed by atoms with Crippen LogP contribution >= 0.6 is 23.4 Å². The Kier molecular flexibility index (Phi) is 7.75. The Hall–Kier alpha value is -0.390. The van der Waals surface area contributed by atoms with Gasteiger partial charge >= 0.3 is 148 Å². The molecule has 0 unspecified atom stereocenters. The molecule has 2 aromatic rings. The fraction of sp³-hybridized carbons (Fsp3) is 0.222. The van der Waals surface area contributed by atoms with E-state index in [1.54, 1.807) is 2.95 Å². The molecule has 0 heterocycles. The normalized spacial score (nSPS) is 11.6. The summed E-state index contributed by atoms with van der Waals surface area (Å²) >= 11 is 7.78. The second kappa shape index (κ2) is 9.59. The molecular weight excluding hydrogens is 411 g/mol. The molecule has 0 N–H and O–H groups in total. The van der Waals surface area contributed by atoms with E-state index < -0.39 is 0 Å². The molecule has 0 spiro atoms. The third-order valence-corrected chi connectivity index (χ3v) is 8.00. The van der Waals surface area contributed by atoms with Gasteiger partial charge in [0.25, 0.3) is 0 Å². The van der Waals surface area contributed by atoms with Crippen LogP contribution in [-0.2, 0) is 0 Å². The molecule has 0 nitrogen and oxygen atoms in total. The van der Waals surface area contributed by atoms with Crippen LogP contribution in [0.25, 0.3) is 6.08 Å². The van der Waals surface area contributed by atoms with Crippen molar-refractivity contribution in [3.63, 3.8) is 0 Å². The average molecular weight is 430 g/mol. The fourth-order valence-electron chi connectivity index (χ4n) is 1.72. The van der Waals surface area contributed by atoms with E-state index in [1.165, 1.54) is 27.8 Å². The second-order valence-corrected chi connectivity index (χ2v) is 10.2. The summed E-state index contributed by atoms with van der Waals surface area (Å²) in [6, 6.07) is 18.8. The van der Waals surface area contributed by atoms with E-state index in [0.717, 1.165) is 5.02 Å². The summed E-state index contributed by atoms with van der Waals surface area (Å²) in [6.45, 7) is 2.26. The molecule has 0 atom stereocenters. The molecule has 0 saturated carbocycles. The van der Waals surface area contributed by atoms with Gasteiger partial charge in [-0.25, -0.2) is 0 Å². The van der Waals surface area contributed by atoms with Crippen LogP contribution in [0, 0.1) is 0 Å². The van der Waals surface area contributed by atoms with Crippen molar-refractivity contribution in [3.8, 4) is 0 Å². The molecule has 0 aliphatic carbocycles. The van der Waals surface area contributed by atoms with Gasteiger partial charge in [-0.3, -0.25) is 0 Å². The topological polar surface area (TPSA) is 0 Å². The quantitative estimate of drug-likeness (QED) is 0.280. The molecule has 0 aromatic heterocycles. The number of benzene rings is 2. The van der Waals surface area contributed by atoms with Crippen molar-refractivity contribution in [3.05, 3.63) is 68.1 Å². The third-order valence-electron chi connectivity index (χ3n) is 2.86. The number of thioether (sulfide) groups is 1. The van der Waals surface area contributed by atoms with Crippen LogP contribution in [0.4, 0.5) is 0 Å². The first-order chi connectivity index (χ1) is 10.3. The van der Waals surface area contributed by atoms with Crippen LogP contribution in [0.2, 0.25) is 9.49 Å². The molecule has 0 saturated heterocycles. The molecule has 0 aliphatic heterocycles. The molecule has 0 bridgehead atoms. The Morgan fingerprint density at radius 3 is 2.48 bits per heavy atom. The minimum atomic E-state index is -0.107. The monoisotopic (exact) mass is 432 g/mol.